The van der Waals surface area contributed by atoms with Crippen LogP contribution < -0.4 is 4.90 Å². The maximum absolute atomic E-state index is 12.0. The SMILES string of the molecule is O=C1C(OC(F)(F)F)CCN1c1ccccc1. The topological polar surface area (TPSA) is 29.5 Å². The number of halogens is 3. The van der Waals surface area contributed by atoms with Crippen LogP contribution in [0.5, 0.6) is 0 Å². The first-order chi connectivity index (χ1) is 7.97. The molecular weight excluding hydrogens is 235 g/mol. The zero-order valence-electron chi connectivity index (χ0n) is 8.78. The lowest BCUT2D eigenvalue weighted by molar-refractivity contribution is -0.336. The predicted molar refractivity (Wildman–Crippen MR) is 54.3 cm³/mol. The maximum Gasteiger partial charge on any atom is 0.523 e. The van der Waals surface area contributed by atoms with Crippen molar-refractivity contribution < 1.29 is 22.7 Å². The van der Waals surface area contributed by atoms with E-state index in [4.69, 9.17) is 0 Å². The fourth-order valence-corrected chi connectivity index (χ4v) is 1.79. The number of ether oxygens (including phenoxy) is 1. The zero-order chi connectivity index (χ0) is 12.5. The summed E-state index contributed by atoms with van der Waals surface area (Å²) >= 11 is 0. The lowest BCUT2D eigenvalue weighted by atomic mass is 10.3. The number of amides is 1. The summed E-state index contributed by atoms with van der Waals surface area (Å²) in [6.07, 6.45) is -6.14. The molecule has 1 aromatic carbocycles. The Hall–Kier alpha value is -1.56. The average molecular weight is 245 g/mol. The van der Waals surface area contributed by atoms with Crippen molar-refractivity contribution in [1.82, 2.24) is 0 Å². The van der Waals surface area contributed by atoms with Gasteiger partial charge < -0.3 is 4.90 Å². The quantitative estimate of drug-likeness (QED) is 0.800. The van der Waals surface area contributed by atoms with E-state index < -0.39 is 18.4 Å². The molecule has 0 radical (unpaired) electrons. The molecule has 0 N–H and O–H groups in total. The number of para-hydroxylation sites is 1. The van der Waals surface area contributed by atoms with Gasteiger partial charge in [0.25, 0.3) is 5.91 Å². The van der Waals surface area contributed by atoms with Gasteiger partial charge in [-0.15, -0.1) is 13.2 Å². The van der Waals surface area contributed by atoms with Crippen LogP contribution in [-0.4, -0.2) is 24.9 Å². The molecule has 0 aromatic heterocycles. The molecule has 6 heteroatoms. The first-order valence-electron chi connectivity index (χ1n) is 5.08. The van der Waals surface area contributed by atoms with Crippen LogP contribution in [0, 0.1) is 0 Å². The Balaban J connectivity index is 2.08. The van der Waals surface area contributed by atoms with Crippen LogP contribution in [0.1, 0.15) is 6.42 Å². The Morgan fingerprint density at radius 3 is 2.47 bits per heavy atom. The summed E-state index contributed by atoms with van der Waals surface area (Å²) in [5.41, 5.74) is 0.589. The van der Waals surface area contributed by atoms with Gasteiger partial charge in [-0.1, -0.05) is 18.2 Å². The Morgan fingerprint density at radius 1 is 1.24 bits per heavy atom. The zero-order valence-corrected chi connectivity index (χ0v) is 8.78. The minimum Gasteiger partial charge on any atom is -0.310 e. The Bertz CT molecular complexity index is 405. The van der Waals surface area contributed by atoms with Crippen LogP contribution in [0.15, 0.2) is 30.3 Å². The van der Waals surface area contributed by atoms with Crippen molar-refractivity contribution in [1.29, 1.82) is 0 Å². The third kappa shape index (κ3) is 2.76. The number of carbonyl (C=O) groups excluding carboxylic acids is 1. The Labute approximate surface area is 95.8 Å². The van der Waals surface area contributed by atoms with Crippen molar-refractivity contribution in [2.24, 2.45) is 0 Å². The summed E-state index contributed by atoms with van der Waals surface area (Å²) in [5.74, 6) is -0.645. The van der Waals surface area contributed by atoms with E-state index >= 15 is 0 Å². The lowest BCUT2D eigenvalue weighted by Gasteiger charge is -2.17. The highest BCUT2D eigenvalue weighted by Gasteiger charge is 2.42. The third-order valence-electron chi connectivity index (χ3n) is 2.50. The minimum absolute atomic E-state index is 0.0488. The molecule has 1 atom stereocenters. The molecule has 0 spiro atoms. The number of carbonyl (C=O) groups is 1. The third-order valence-corrected chi connectivity index (χ3v) is 2.50. The van der Waals surface area contributed by atoms with Crippen molar-refractivity contribution in [3.05, 3.63) is 30.3 Å². The van der Waals surface area contributed by atoms with Gasteiger partial charge in [-0.05, 0) is 12.1 Å². The summed E-state index contributed by atoms with van der Waals surface area (Å²) in [4.78, 5) is 13.0. The molecule has 17 heavy (non-hydrogen) atoms. The van der Waals surface area contributed by atoms with Crippen molar-refractivity contribution in [3.63, 3.8) is 0 Å². The van der Waals surface area contributed by atoms with E-state index in [-0.39, 0.29) is 13.0 Å². The van der Waals surface area contributed by atoms with Crippen LogP contribution >= 0.6 is 0 Å². The highest BCUT2D eigenvalue weighted by Crippen LogP contribution is 2.27. The van der Waals surface area contributed by atoms with E-state index in [1.807, 2.05) is 0 Å². The molecule has 2 rings (SSSR count). The van der Waals surface area contributed by atoms with E-state index in [1.54, 1.807) is 30.3 Å². The van der Waals surface area contributed by atoms with Crippen molar-refractivity contribution in [2.75, 3.05) is 11.4 Å². The summed E-state index contributed by atoms with van der Waals surface area (Å²) < 4.78 is 39.8. The van der Waals surface area contributed by atoms with Gasteiger partial charge in [-0.25, -0.2) is 0 Å². The normalized spacial score (nSPS) is 21.0. The molecule has 1 aliphatic heterocycles. The molecule has 1 saturated heterocycles. The molecule has 1 fully saturated rings. The summed E-state index contributed by atoms with van der Waals surface area (Å²) in [5, 5.41) is 0. The number of hydrogen-bond acceptors (Lipinski definition) is 2. The van der Waals surface area contributed by atoms with Gasteiger partial charge in [0.1, 0.15) is 6.10 Å². The fraction of sp³-hybridized carbons (Fsp3) is 0.364. The van der Waals surface area contributed by atoms with E-state index in [0.717, 1.165) is 0 Å². The Morgan fingerprint density at radius 2 is 1.88 bits per heavy atom. The van der Waals surface area contributed by atoms with E-state index in [1.165, 1.54) is 4.90 Å². The highest BCUT2D eigenvalue weighted by molar-refractivity contribution is 5.98. The van der Waals surface area contributed by atoms with Gasteiger partial charge in [0, 0.05) is 18.7 Å². The number of nitrogens with zero attached hydrogens (tertiary/aromatic N) is 1. The Kier molecular flexibility index (Phi) is 3.06. The molecule has 0 aliphatic carbocycles. The van der Waals surface area contributed by atoms with E-state index in [2.05, 4.69) is 4.74 Å². The molecule has 92 valence electrons. The van der Waals surface area contributed by atoms with Gasteiger partial charge in [0.2, 0.25) is 0 Å². The van der Waals surface area contributed by atoms with Crippen LogP contribution in [0.3, 0.4) is 0 Å². The average Bonchev–Trinajstić information content (AvgIpc) is 2.60. The number of hydrogen-bond donors (Lipinski definition) is 0. The molecule has 0 saturated carbocycles. The van der Waals surface area contributed by atoms with Gasteiger partial charge in [0.05, 0.1) is 0 Å². The van der Waals surface area contributed by atoms with Crippen LogP contribution in [0.4, 0.5) is 18.9 Å². The minimum atomic E-state index is -4.77. The first-order valence-corrected chi connectivity index (χ1v) is 5.08. The van der Waals surface area contributed by atoms with Crippen molar-refractivity contribution in [3.8, 4) is 0 Å². The number of rotatable bonds is 2. The second-order valence-electron chi connectivity index (χ2n) is 3.67. The van der Waals surface area contributed by atoms with Gasteiger partial charge in [-0.2, -0.15) is 0 Å². The van der Waals surface area contributed by atoms with E-state index in [9.17, 15) is 18.0 Å². The summed E-state index contributed by atoms with van der Waals surface area (Å²) in [6, 6.07) is 8.57. The lowest BCUT2D eigenvalue weighted by Crippen LogP contribution is -2.33. The van der Waals surface area contributed by atoms with Gasteiger partial charge >= 0.3 is 6.36 Å². The largest absolute Gasteiger partial charge is 0.523 e. The van der Waals surface area contributed by atoms with Crippen LogP contribution in [-0.2, 0) is 9.53 Å². The van der Waals surface area contributed by atoms with Crippen molar-refractivity contribution in [2.45, 2.75) is 18.9 Å². The fourth-order valence-electron chi connectivity index (χ4n) is 1.79. The molecule has 1 amide bonds. The molecular formula is C11H10F3NO2. The second-order valence-corrected chi connectivity index (χ2v) is 3.67. The molecule has 0 bridgehead atoms. The van der Waals surface area contributed by atoms with Crippen molar-refractivity contribution >= 4 is 11.6 Å². The standard InChI is InChI=1S/C11H10F3NO2/c12-11(13,14)17-9-6-7-15(10(9)16)8-4-2-1-3-5-8/h1-5,9H,6-7H2. The maximum atomic E-state index is 12.0. The summed E-state index contributed by atoms with van der Waals surface area (Å²) in [7, 11) is 0. The van der Waals surface area contributed by atoms with Gasteiger partial charge in [0.15, 0.2) is 0 Å². The number of alkyl halides is 3. The van der Waals surface area contributed by atoms with Crippen LogP contribution in [0.2, 0.25) is 0 Å². The monoisotopic (exact) mass is 245 g/mol. The predicted octanol–water partition coefficient (Wildman–Crippen LogP) is 2.33. The first kappa shape index (κ1) is 11.9. The van der Waals surface area contributed by atoms with Crippen LogP contribution in [0.25, 0.3) is 0 Å². The molecule has 1 aromatic rings. The summed E-state index contributed by atoms with van der Waals surface area (Å²) in [6.45, 7) is 0.240. The molecule has 1 aliphatic rings. The van der Waals surface area contributed by atoms with Gasteiger partial charge in [-0.3, -0.25) is 9.53 Å². The number of anilines is 1. The smallest absolute Gasteiger partial charge is 0.310 e. The molecule has 3 nitrogen and oxygen atoms in total. The molecule has 1 unspecified atom stereocenters. The van der Waals surface area contributed by atoms with E-state index in [0.29, 0.717) is 5.69 Å². The highest BCUT2D eigenvalue weighted by atomic mass is 19.4. The second kappa shape index (κ2) is 4.37. The number of benzene rings is 1. The molecule has 1 heterocycles.